The van der Waals surface area contributed by atoms with Crippen molar-refractivity contribution in [2.75, 3.05) is 23.7 Å². The normalized spacial score (nSPS) is 13.1. The Balaban J connectivity index is 2.39. The van der Waals surface area contributed by atoms with E-state index in [0.717, 1.165) is 33.7 Å². The van der Waals surface area contributed by atoms with Crippen LogP contribution in [0, 0.1) is 13.8 Å². The summed E-state index contributed by atoms with van der Waals surface area (Å²) >= 11 is 0. The summed E-state index contributed by atoms with van der Waals surface area (Å²) in [4.78, 5) is 28.3. The maximum atomic E-state index is 13.7. The van der Waals surface area contributed by atoms with Crippen LogP contribution in [0.15, 0.2) is 48.5 Å². The molecule has 0 aliphatic carbocycles. The van der Waals surface area contributed by atoms with Crippen LogP contribution < -0.4 is 9.62 Å². The molecule has 1 N–H and O–H groups in total. The van der Waals surface area contributed by atoms with Crippen molar-refractivity contribution in [3.63, 3.8) is 0 Å². The van der Waals surface area contributed by atoms with Crippen molar-refractivity contribution in [2.24, 2.45) is 0 Å². The number of nitrogens with one attached hydrogen (secondary N) is 1. The highest BCUT2D eigenvalue weighted by molar-refractivity contribution is 7.92. The molecule has 0 fully saturated rings. The van der Waals surface area contributed by atoms with E-state index in [0.29, 0.717) is 25.1 Å². The summed E-state index contributed by atoms with van der Waals surface area (Å²) in [6.45, 7) is 9.48. The molecule has 0 heterocycles. The summed E-state index contributed by atoms with van der Waals surface area (Å²) in [5.41, 5.74) is 3.29. The number of hydrogen-bond acceptors (Lipinski definition) is 4. The van der Waals surface area contributed by atoms with Gasteiger partial charge in [0.15, 0.2) is 0 Å². The van der Waals surface area contributed by atoms with E-state index >= 15 is 0 Å². The third-order valence-corrected chi connectivity index (χ3v) is 7.19. The summed E-state index contributed by atoms with van der Waals surface area (Å²) < 4.78 is 26.6. The van der Waals surface area contributed by atoms with Gasteiger partial charge in [-0.1, -0.05) is 50.2 Å². The van der Waals surface area contributed by atoms with E-state index < -0.39 is 22.0 Å². The molecule has 8 heteroatoms. The quantitative estimate of drug-likeness (QED) is 0.479. The summed E-state index contributed by atoms with van der Waals surface area (Å²) in [5, 5.41) is 2.98. The lowest BCUT2D eigenvalue weighted by Gasteiger charge is -2.33. The number of amides is 2. The number of sulfonamides is 1. The van der Waals surface area contributed by atoms with Gasteiger partial charge < -0.3 is 10.2 Å². The Kier molecular flexibility index (Phi) is 10.3. The average molecular weight is 502 g/mol. The van der Waals surface area contributed by atoms with Crippen molar-refractivity contribution in [2.45, 2.75) is 66.0 Å². The number of hydrogen-bond donors (Lipinski definition) is 1. The maximum absolute atomic E-state index is 13.7. The average Bonchev–Trinajstić information content (AvgIpc) is 2.78. The topological polar surface area (TPSA) is 86.8 Å². The van der Waals surface area contributed by atoms with Crippen LogP contribution >= 0.6 is 0 Å². The van der Waals surface area contributed by atoms with Gasteiger partial charge >= 0.3 is 0 Å². The smallest absolute Gasteiger partial charge is 0.244 e. The number of aryl methyl sites for hydroxylation is 2. The van der Waals surface area contributed by atoms with Gasteiger partial charge in [0, 0.05) is 12.6 Å². The standard InChI is InChI=1S/C27H39N3O4S/c1-7-22(5)28-27(32)25(8-2)29(15-14-23-12-10-9-11-13-23)26(31)19-30(35(6,33)34)24-17-20(3)16-21(4)18-24/h9-13,16-18,22,25H,7-8,14-15,19H2,1-6H3,(H,28,32)/t22-,25-/m1/s1. The molecule has 0 bridgehead atoms. The van der Waals surface area contributed by atoms with Gasteiger partial charge in [0.2, 0.25) is 21.8 Å². The highest BCUT2D eigenvalue weighted by Crippen LogP contribution is 2.22. The van der Waals surface area contributed by atoms with Crippen LogP contribution in [0.4, 0.5) is 5.69 Å². The number of benzene rings is 2. The first kappa shape index (κ1) is 28.4. The number of rotatable bonds is 12. The second-order valence-corrected chi connectivity index (χ2v) is 11.1. The molecule has 0 radical (unpaired) electrons. The Morgan fingerprint density at radius 1 is 0.971 bits per heavy atom. The molecular formula is C27H39N3O4S. The summed E-state index contributed by atoms with van der Waals surface area (Å²) in [6.07, 6.45) is 2.85. The fourth-order valence-corrected chi connectivity index (χ4v) is 4.88. The van der Waals surface area contributed by atoms with Crippen LogP contribution in [0.1, 0.15) is 50.3 Å². The summed E-state index contributed by atoms with van der Waals surface area (Å²) in [7, 11) is -3.74. The van der Waals surface area contributed by atoms with Crippen LogP contribution in [-0.2, 0) is 26.0 Å². The lowest BCUT2D eigenvalue weighted by Crippen LogP contribution is -2.54. The highest BCUT2D eigenvalue weighted by Gasteiger charge is 2.31. The molecule has 0 aliphatic rings. The largest absolute Gasteiger partial charge is 0.352 e. The minimum Gasteiger partial charge on any atom is -0.352 e. The molecule has 2 rings (SSSR count). The van der Waals surface area contributed by atoms with Crippen molar-refractivity contribution in [1.82, 2.24) is 10.2 Å². The fraction of sp³-hybridized carbons (Fsp3) is 0.481. The first-order valence-electron chi connectivity index (χ1n) is 12.2. The van der Waals surface area contributed by atoms with Gasteiger partial charge in [-0.25, -0.2) is 8.42 Å². The van der Waals surface area contributed by atoms with Gasteiger partial charge in [-0.3, -0.25) is 13.9 Å². The Labute approximate surface area is 210 Å². The van der Waals surface area contributed by atoms with Crippen LogP contribution in [-0.4, -0.2) is 56.6 Å². The zero-order valence-corrected chi connectivity index (χ0v) is 22.6. The summed E-state index contributed by atoms with van der Waals surface area (Å²) in [5.74, 6) is -0.628. The van der Waals surface area contributed by atoms with E-state index in [9.17, 15) is 18.0 Å². The minimum absolute atomic E-state index is 0.0228. The summed E-state index contributed by atoms with van der Waals surface area (Å²) in [6, 6.07) is 14.5. The third kappa shape index (κ3) is 8.38. The predicted octanol–water partition coefficient (Wildman–Crippen LogP) is 3.83. The third-order valence-electron chi connectivity index (χ3n) is 6.04. The Morgan fingerprint density at radius 2 is 1.57 bits per heavy atom. The number of carbonyl (C=O) groups excluding carboxylic acids is 2. The van der Waals surface area contributed by atoms with Crippen molar-refractivity contribution < 1.29 is 18.0 Å². The van der Waals surface area contributed by atoms with Crippen LogP contribution in [0.5, 0.6) is 0 Å². The van der Waals surface area contributed by atoms with Gasteiger partial charge in [-0.05, 0) is 68.9 Å². The number of anilines is 1. The molecule has 0 unspecified atom stereocenters. The molecule has 2 amide bonds. The zero-order valence-electron chi connectivity index (χ0n) is 21.7. The number of carbonyl (C=O) groups is 2. The van der Waals surface area contributed by atoms with Crippen LogP contribution in [0.3, 0.4) is 0 Å². The first-order chi connectivity index (χ1) is 16.5. The van der Waals surface area contributed by atoms with Crippen molar-refractivity contribution in [3.05, 3.63) is 65.2 Å². The second-order valence-electron chi connectivity index (χ2n) is 9.18. The van der Waals surface area contributed by atoms with E-state index in [1.54, 1.807) is 12.1 Å². The van der Waals surface area contributed by atoms with Gasteiger partial charge in [0.25, 0.3) is 0 Å². The van der Waals surface area contributed by atoms with E-state index in [1.807, 2.05) is 71.0 Å². The molecule has 2 atom stereocenters. The molecule has 7 nitrogen and oxygen atoms in total. The monoisotopic (exact) mass is 501 g/mol. The van der Waals surface area contributed by atoms with E-state index in [2.05, 4.69) is 5.32 Å². The van der Waals surface area contributed by atoms with Gasteiger partial charge in [-0.2, -0.15) is 0 Å². The van der Waals surface area contributed by atoms with Crippen LogP contribution in [0.25, 0.3) is 0 Å². The molecule has 0 aliphatic heterocycles. The van der Waals surface area contributed by atoms with Crippen molar-refractivity contribution >= 4 is 27.5 Å². The lowest BCUT2D eigenvalue weighted by molar-refractivity contribution is -0.139. The molecule has 0 spiro atoms. The molecular weight excluding hydrogens is 462 g/mol. The molecule has 35 heavy (non-hydrogen) atoms. The molecule has 0 saturated heterocycles. The highest BCUT2D eigenvalue weighted by atomic mass is 32.2. The SMILES string of the molecule is CC[C@@H](C)NC(=O)[C@@H](CC)N(CCc1ccccc1)C(=O)CN(c1cc(C)cc(C)c1)S(C)(=O)=O. The van der Waals surface area contributed by atoms with Gasteiger partial charge in [0.1, 0.15) is 12.6 Å². The molecule has 0 aromatic heterocycles. The van der Waals surface area contributed by atoms with Crippen molar-refractivity contribution in [1.29, 1.82) is 0 Å². The minimum atomic E-state index is -3.74. The molecule has 2 aromatic carbocycles. The zero-order chi connectivity index (χ0) is 26.2. The Morgan fingerprint density at radius 3 is 2.09 bits per heavy atom. The number of nitrogens with zero attached hydrogens (tertiary/aromatic N) is 2. The van der Waals surface area contributed by atoms with E-state index in [4.69, 9.17) is 0 Å². The fourth-order valence-electron chi connectivity index (χ4n) is 4.05. The van der Waals surface area contributed by atoms with E-state index in [1.165, 1.54) is 4.90 Å². The molecule has 2 aromatic rings. The Bertz CT molecular complexity index is 1080. The van der Waals surface area contributed by atoms with Crippen molar-refractivity contribution in [3.8, 4) is 0 Å². The molecule has 0 saturated carbocycles. The predicted molar refractivity (Wildman–Crippen MR) is 142 cm³/mol. The van der Waals surface area contributed by atoms with E-state index in [-0.39, 0.29) is 18.5 Å². The molecule has 192 valence electrons. The first-order valence-corrected chi connectivity index (χ1v) is 14.0. The van der Waals surface area contributed by atoms with Crippen LogP contribution in [0.2, 0.25) is 0 Å². The van der Waals surface area contributed by atoms with Gasteiger partial charge in [-0.15, -0.1) is 0 Å². The van der Waals surface area contributed by atoms with Gasteiger partial charge in [0.05, 0.1) is 11.9 Å². The maximum Gasteiger partial charge on any atom is 0.244 e. The Hall–Kier alpha value is -2.87. The second kappa shape index (κ2) is 12.7. The lowest BCUT2D eigenvalue weighted by atomic mass is 10.1.